The molecule has 0 spiro atoms. The van der Waals surface area contributed by atoms with Crippen LogP contribution in [0, 0.1) is 17.8 Å². The van der Waals surface area contributed by atoms with E-state index in [-0.39, 0.29) is 5.60 Å². The van der Waals surface area contributed by atoms with E-state index in [0.29, 0.717) is 11.8 Å². The highest BCUT2D eigenvalue weighted by molar-refractivity contribution is 5.04. The summed E-state index contributed by atoms with van der Waals surface area (Å²) in [7, 11) is 0. The van der Waals surface area contributed by atoms with Crippen molar-refractivity contribution in [1.29, 1.82) is 0 Å². The maximum Gasteiger partial charge on any atom is 0.0729 e. The van der Waals surface area contributed by atoms with Gasteiger partial charge < -0.3 is 9.84 Å². The Morgan fingerprint density at radius 1 is 1.15 bits per heavy atom. The zero-order chi connectivity index (χ0) is 8.89. The molecular weight excluding hydrogens is 164 g/mol. The molecule has 3 fully saturated rings. The minimum absolute atomic E-state index is 0.334. The molecule has 1 heterocycles. The minimum Gasteiger partial charge on any atom is -0.389 e. The highest BCUT2D eigenvalue weighted by atomic mass is 16.5. The van der Waals surface area contributed by atoms with E-state index in [1.54, 1.807) is 0 Å². The largest absolute Gasteiger partial charge is 0.389 e. The molecule has 74 valence electrons. The van der Waals surface area contributed by atoms with Crippen molar-refractivity contribution < 1.29 is 9.84 Å². The standard InChI is InChI=1S/C11H18O2/c12-11(10-3-4-13-7-10)6-8-1-2-9(11)5-8/h8-10,12H,1-7H2. The van der Waals surface area contributed by atoms with Gasteiger partial charge in [0.15, 0.2) is 0 Å². The number of ether oxygens (including phenoxy) is 1. The van der Waals surface area contributed by atoms with Gasteiger partial charge >= 0.3 is 0 Å². The molecule has 13 heavy (non-hydrogen) atoms. The summed E-state index contributed by atoms with van der Waals surface area (Å²) in [6.45, 7) is 1.67. The lowest BCUT2D eigenvalue weighted by Crippen LogP contribution is -2.43. The molecule has 2 heteroatoms. The van der Waals surface area contributed by atoms with Crippen LogP contribution < -0.4 is 0 Å². The molecule has 4 atom stereocenters. The third-order valence-corrected chi connectivity index (χ3v) is 4.50. The topological polar surface area (TPSA) is 29.5 Å². The van der Waals surface area contributed by atoms with Crippen molar-refractivity contribution in [3.8, 4) is 0 Å². The third kappa shape index (κ3) is 1.08. The van der Waals surface area contributed by atoms with Gasteiger partial charge in [-0.2, -0.15) is 0 Å². The molecule has 1 aliphatic heterocycles. The lowest BCUT2D eigenvalue weighted by atomic mass is 9.74. The van der Waals surface area contributed by atoms with Crippen molar-refractivity contribution in [2.45, 2.75) is 37.7 Å². The highest BCUT2D eigenvalue weighted by Crippen LogP contribution is 2.54. The zero-order valence-electron chi connectivity index (χ0n) is 8.04. The van der Waals surface area contributed by atoms with Crippen LogP contribution in [0.5, 0.6) is 0 Å². The summed E-state index contributed by atoms with van der Waals surface area (Å²) < 4.78 is 5.38. The van der Waals surface area contributed by atoms with E-state index >= 15 is 0 Å². The second-order valence-electron chi connectivity index (χ2n) is 5.13. The average molecular weight is 182 g/mol. The summed E-state index contributed by atoms with van der Waals surface area (Å²) in [4.78, 5) is 0. The zero-order valence-corrected chi connectivity index (χ0v) is 8.04. The van der Waals surface area contributed by atoms with E-state index in [9.17, 15) is 5.11 Å². The lowest BCUT2D eigenvalue weighted by Gasteiger charge is -2.37. The van der Waals surface area contributed by atoms with E-state index in [1.165, 1.54) is 19.3 Å². The van der Waals surface area contributed by atoms with Crippen molar-refractivity contribution in [2.75, 3.05) is 13.2 Å². The second kappa shape index (κ2) is 2.71. The molecule has 0 aromatic carbocycles. The van der Waals surface area contributed by atoms with E-state index in [2.05, 4.69) is 0 Å². The summed E-state index contributed by atoms with van der Waals surface area (Å²) in [5.74, 6) is 1.88. The predicted octanol–water partition coefficient (Wildman–Crippen LogP) is 1.57. The molecular formula is C11H18O2. The van der Waals surface area contributed by atoms with Crippen LogP contribution in [-0.4, -0.2) is 23.9 Å². The Morgan fingerprint density at radius 3 is 2.62 bits per heavy atom. The van der Waals surface area contributed by atoms with Crippen LogP contribution in [0.2, 0.25) is 0 Å². The maximum atomic E-state index is 10.6. The van der Waals surface area contributed by atoms with Crippen molar-refractivity contribution >= 4 is 0 Å². The Hall–Kier alpha value is -0.0800. The van der Waals surface area contributed by atoms with Crippen LogP contribution in [0.15, 0.2) is 0 Å². The number of fused-ring (bicyclic) bond motifs is 2. The summed E-state index contributed by atoms with van der Waals surface area (Å²) in [5, 5.41) is 10.6. The number of hydrogen-bond acceptors (Lipinski definition) is 2. The van der Waals surface area contributed by atoms with Crippen molar-refractivity contribution in [2.24, 2.45) is 17.8 Å². The Kier molecular flexibility index (Phi) is 1.72. The molecule has 2 nitrogen and oxygen atoms in total. The normalized spacial score (nSPS) is 54.7. The first-order valence-electron chi connectivity index (χ1n) is 5.59. The Bertz CT molecular complexity index is 210. The van der Waals surface area contributed by atoms with Crippen LogP contribution in [0.4, 0.5) is 0 Å². The van der Waals surface area contributed by atoms with Gasteiger partial charge in [0.05, 0.1) is 12.2 Å². The molecule has 2 bridgehead atoms. The monoisotopic (exact) mass is 182 g/mol. The quantitative estimate of drug-likeness (QED) is 0.667. The number of hydrogen-bond donors (Lipinski definition) is 1. The SMILES string of the molecule is OC1(C2CCOC2)CC2CCC1C2. The number of aliphatic hydroxyl groups is 1. The van der Waals surface area contributed by atoms with Gasteiger partial charge in [-0.3, -0.25) is 0 Å². The fourth-order valence-corrected chi connectivity index (χ4v) is 3.77. The second-order valence-corrected chi connectivity index (χ2v) is 5.13. The van der Waals surface area contributed by atoms with Crippen molar-refractivity contribution in [3.05, 3.63) is 0 Å². The fourth-order valence-electron chi connectivity index (χ4n) is 3.77. The maximum absolute atomic E-state index is 10.6. The molecule has 1 saturated heterocycles. The van der Waals surface area contributed by atoms with E-state index in [4.69, 9.17) is 4.74 Å². The van der Waals surface area contributed by atoms with E-state index < -0.39 is 0 Å². The average Bonchev–Trinajstić information content (AvgIpc) is 2.79. The van der Waals surface area contributed by atoms with Crippen LogP contribution in [-0.2, 0) is 4.74 Å². The fraction of sp³-hybridized carbons (Fsp3) is 1.00. The minimum atomic E-state index is -0.334. The lowest BCUT2D eigenvalue weighted by molar-refractivity contribution is -0.0659. The summed E-state index contributed by atoms with van der Waals surface area (Å²) in [6.07, 6.45) is 6.05. The van der Waals surface area contributed by atoms with Gasteiger partial charge in [0.25, 0.3) is 0 Å². The van der Waals surface area contributed by atoms with Gasteiger partial charge in [-0.05, 0) is 43.9 Å². The summed E-state index contributed by atoms with van der Waals surface area (Å²) in [6, 6.07) is 0. The van der Waals surface area contributed by atoms with Crippen LogP contribution in [0.25, 0.3) is 0 Å². The first kappa shape index (κ1) is 8.25. The third-order valence-electron chi connectivity index (χ3n) is 4.50. The first-order valence-corrected chi connectivity index (χ1v) is 5.59. The molecule has 2 aliphatic carbocycles. The van der Waals surface area contributed by atoms with E-state index in [0.717, 1.165) is 32.0 Å². The van der Waals surface area contributed by atoms with E-state index in [1.807, 2.05) is 0 Å². The van der Waals surface area contributed by atoms with Crippen molar-refractivity contribution in [1.82, 2.24) is 0 Å². The molecule has 4 unspecified atom stereocenters. The van der Waals surface area contributed by atoms with Gasteiger partial charge in [-0.1, -0.05) is 0 Å². The van der Waals surface area contributed by atoms with Crippen molar-refractivity contribution in [3.63, 3.8) is 0 Å². The van der Waals surface area contributed by atoms with Crippen LogP contribution in [0.3, 0.4) is 0 Å². The Labute approximate surface area is 79.3 Å². The molecule has 0 radical (unpaired) electrons. The van der Waals surface area contributed by atoms with Crippen LogP contribution >= 0.6 is 0 Å². The van der Waals surface area contributed by atoms with Gasteiger partial charge in [0, 0.05) is 12.5 Å². The summed E-state index contributed by atoms with van der Waals surface area (Å²) in [5.41, 5.74) is -0.334. The Morgan fingerprint density at radius 2 is 2.08 bits per heavy atom. The molecule has 2 saturated carbocycles. The molecule has 0 amide bonds. The highest BCUT2D eigenvalue weighted by Gasteiger charge is 2.54. The predicted molar refractivity (Wildman–Crippen MR) is 49.3 cm³/mol. The molecule has 0 aromatic heterocycles. The summed E-state index contributed by atoms with van der Waals surface area (Å²) >= 11 is 0. The number of rotatable bonds is 1. The molecule has 3 rings (SSSR count). The van der Waals surface area contributed by atoms with Gasteiger partial charge in [-0.15, -0.1) is 0 Å². The molecule has 0 aromatic rings. The Balaban J connectivity index is 1.80. The first-order chi connectivity index (χ1) is 6.29. The molecule has 1 N–H and O–H groups in total. The van der Waals surface area contributed by atoms with Crippen LogP contribution in [0.1, 0.15) is 32.1 Å². The van der Waals surface area contributed by atoms with Gasteiger partial charge in [0.1, 0.15) is 0 Å². The van der Waals surface area contributed by atoms with Gasteiger partial charge in [-0.25, -0.2) is 0 Å². The smallest absolute Gasteiger partial charge is 0.0729 e. The molecule has 3 aliphatic rings. The van der Waals surface area contributed by atoms with Gasteiger partial charge in [0.2, 0.25) is 0 Å².